The smallest absolute Gasteiger partial charge is 0.219 e. The minimum atomic E-state index is 0.183. The van der Waals surface area contributed by atoms with Crippen molar-refractivity contribution < 1.29 is 14.3 Å². The summed E-state index contributed by atoms with van der Waals surface area (Å²) in [5.41, 5.74) is 18.2. The Labute approximate surface area is 694 Å². The summed E-state index contributed by atoms with van der Waals surface area (Å²) >= 11 is 0. The van der Waals surface area contributed by atoms with Crippen LogP contribution >= 0.6 is 0 Å². The maximum absolute atomic E-state index is 11.3. The molecule has 6 aromatic carbocycles. The topological polar surface area (TPSA) is 74.4 Å². The van der Waals surface area contributed by atoms with Crippen LogP contribution in [0.4, 0.5) is 34.1 Å². The van der Waals surface area contributed by atoms with Crippen molar-refractivity contribution in [2.24, 2.45) is 0 Å². The van der Waals surface area contributed by atoms with Crippen molar-refractivity contribution in [3.63, 3.8) is 0 Å². The molecule has 630 valence electrons. The van der Waals surface area contributed by atoms with E-state index in [1.54, 1.807) is 6.92 Å². The fourth-order valence-corrected chi connectivity index (χ4v) is 16.1. The Morgan fingerprint density at radius 3 is 0.816 bits per heavy atom. The van der Waals surface area contributed by atoms with Crippen LogP contribution in [0.5, 0.6) is 0 Å². The van der Waals surface area contributed by atoms with Gasteiger partial charge in [0.25, 0.3) is 0 Å². The van der Waals surface area contributed by atoms with Crippen molar-refractivity contribution in [3.05, 3.63) is 179 Å². The highest BCUT2D eigenvalue weighted by Crippen LogP contribution is 2.34. The van der Waals surface area contributed by atoms with E-state index in [1.807, 2.05) is 4.90 Å². The van der Waals surface area contributed by atoms with Crippen molar-refractivity contribution in [2.75, 3.05) is 226 Å². The Morgan fingerprint density at radius 2 is 0.596 bits per heavy atom. The summed E-state index contributed by atoms with van der Waals surface area (Å²) in [6, 6.07) is 55.8. The quantitative estimate of drug-likeness (QED) is 0.131. The number of nitrogens with zero attached hydrogens (tertiary/aromatic N) is 12. The van der Waals surface area contributed by atoms with E-state index in [0.29, 0.717) is 17.6 Å². The molecule has 0 radical (unpaired) electrons. The summed E-state index contributed by atoms with van der Waals surface area (Å²) in [6.07, 6.45) is 0. The summed E-state index contributed by atoms with van der Waals surface area (Å²) in [7, 11) is 2.19. The Bertz CT molecular complexity index is 3760. The maximum atomic E-state index is 11.3. The van der Waals surface area contributed by atoms with Crippen molar-refractivity contribution >= 4 is 40.0 Å². The van der Waals surface area contributed by atoms with Crippen LogP contribution in [-0.2, 0) is 46.8 Å². The lowest BCUT2D eigenvalue weighted by Crippen LogP contribution is -2.64. The molecule has 8 aliphatic heterocycles. The highest BCUT2D eigenvalue weighted by Gasteiger charge is 2.41. The molecule has 15 nitrogen and oxygen atoms in total. The number of ether oxygens (including phenoxy) is 2. The van der Waals surface area contributed by atoms with Crippen molar-refractivity contribution in [2.45, 2.75) is 209 Å². The Morgan fingerprint density at radius 1 is 0.351 bits per heavy atom. The van der Waals surface area contributed by atoms with Crippen LogP contribution in [0.25, 0.3) is 0 Å². The molecule has 1 amide bonds. The molecule has 0 aliphatic carbocycles. The molecule has 0 saturated carbocycles. The van der Waals surface area contributed by atoms with Gasteiger partial charge in [-0.2, -0.15) is 0 Å². The van der Waals surface area contributed by atoms with Gasteiger partial charge in [0.2, 0.25) is 5.91 Å². The lowest BCUT2D eigenvalue weighted by Gasteiger charge is -2.50. The van der Waals surface area contributed by atoms with Gasteiger partial charge >= 0.3 is 0 Å². The van der Waals surface area contributed by atoms with E-state index in [0.717, 1.165) is 144 Å². The minimum absolute atomic E-state index is 0.183. The normalized spacial score (nSPS) is 19.5. The second-order valence-corrected chi connectivity index (χ2v) is 40.3. The van der Waals surface area contributed by atoms with E-state index < -0.39 is 0 Å². The van der Waals surface area contributed by atoms with Gasteiger partial charge in [-0.3, -0.25) is 19.5 Å². The van der Waals surface area contributed by atoms with Crippen LogP contribution in [0.15, 0.2) is 146 Å². The molecule has 8 fully saturated rings. The van der Waals surface area contributed by atoms with Gasteiger partial charge in [0.05, 0.1) is 38.0 Å². The van der Waals surface area contributed by atoms with E-state index in [1.165, 1.54) is 113 Å². The number of piperazine rings is 6. The summed E-state index contributed by atoms with van der Waals surface area (Å²) in [5.74, 6) is 0.183. The zero-order chi connectivity index (χ0) is 83.0. The molecule has 8 heterocycles. The summed E-state index contributed by atoms with van der Waals surface area (Å²) in [6.45, 7) is 82.9. The van der Waals surface area contributed by atoms with Crippen LogP contribution in [0, 0.1) is 0 Å². The van der Waals surface area contributed by atoms with Gasteiger partial charge in [-0.25, -0.2) is 0 Å². The van der Waals surface area contributed by atoms with E-state index in [9.17, 15) is 4.79 Å². The van der Waals surface area contributed by atoms with Crippen molar-refractivity contribution in [3.8, 4) is 0 Å². The SMILES string of the molecule is CC(=O)N1CCN(c2ccc(C(C)(C)C)cc2)CC1.CC(C)(C)c1ccc(N2CCN(C3(C)COC3)CC2)cc1.CC(C)(C)c1ccc(N2CCN(C3COC3)CC2)cc1.CC(C)N1CCN(c2ccc(C(C)(C)C)cc2)CC1.CCN1CCN(c2ccc(C(C)(C)C)cc2)CC1.CN1CCN(c2ccc(C(C)(C)C)cc2)CC1. The third-order valence-corrected chi connectivity index (χ3v) is 25.0. The molecule has 114 heavy (non-hydrogen) atoms. The van der Waals surface area contributed by atoms with Gasteiger partial charge in [0.1, 0.15) is 0 Å². The number of hydrogen-bond acceptors (Lipinski definition) is 14. The highest BCUT2D eigenvalue weighted by molar-refractivity contribution is 5.73. The fourth-order valence-electron chi connectivity index (χ4n) is 16.1. The average molecular weight is 1560 g/mol. The molecule has 14 rings (SSSR count). The fraction of sp³-hybridized carbons (Fsp3) is 0.626. The highest BCUT2D eigenvalue weighted by atomic mass is 16.5. The average Bonchev–Trinajstić information content (AvgIpc) is 0.783. The first-order valence-corrected chi connectivity index (χ1v) is 43.8. The van der Waals surface area contributed by atoms with Crippen LogP contribution < -0.4 is 29.4 Å². The summed E-state index contributed by atoms with van der Waals surface area (Å²) < 4.78 is 10.7. The zero-order valence-corrected chi connectivity index (χ0v) is 76.1. The molecular formula is C99H156N12O3. The second-order valence-electron chi connectivity index (χ2n) is 40.3. The van der Waals surface area contributed by atoms with Crippen LogP contribution in [0.1, 0.15) is 193 Å². The van der Waals surface area contributed by atoms with Gasteiger partial charge in [0, 0.05) is 204 Å². The number of carbonyl (C=O) groups excluding carboxylic acids is 1. The summed E-state index contributed by atoms with van der Waals surface area (Å²) in [5, 5.41) is 0. The Hall–Kier alpha value is -6.69. The molecule has 8 saturated heterocycles. The molecule has 0 N–H and O–H groups in total. The molecule has 0 atom stereocenters. The largest absolute Gasteiger partial charge is 0.378 e. The maximum Gasteiger partial charge on any atom is 0.219 e. The van der Waals surface area contributed by atoms with E-state index >= 15 is 0 Å². The lowest BCUT2D eigenvalue weighted by atomic mass is 9.87. The molecule has 0 aromatic heterocycles. The molecular weight excluding hydrogens is 1410 g/mol. The van der Waals surface area contributed by atoms with Gasteiger partial charge in [0.15, 0.2) is 0 Å². The van der Waals surface area contributed by atoms with Crippen LogP contribution in [-0.4, -0.2) is 250 Å². The Balaban J connectivity index is 0.000000157. The molecule has 0 unspecified atom stereocenters. The number of likely N-dealkylation sites (N-methyl/N-ethyl adjacent to an activating group) is 2. The molecule has 15 heteroatoms. The minimum Gasteiger partial charge on any atom is -0.378 e. The van der Waals surface area contributed by atoms with Gasteiger partial charge in [-0.1, -0.05) is 204 Å². The summed E-state index contributed by atoms with van der Waals surface area (Å²) in [4.78, 5) is 40.7. The molecule has 0 spiro atoms. The predicted octanol–water partition coefficient (Wildman–Crippen LogP) is 17.4. The number of rotatable bonds is 10. The first-order chi connectivity index (χ1) is 53.6. The first kappa shape index (κ1) is 91.2. The first-order valence-electron chi connectivity index (χ1n) is 43.8. The van der Waals surface area contributed by atoms with Gasteiger partial charge in [-0.05, 0) is 173 Å². The molecule has 0 bridgehead atoms. The molecule has 8 aliphatic rings. The standard InChI is InChI=1S/C18H28N2O.C17H26N2O.C17H28N2.C16H24N2O.C16H26N2.C15H24N2/c1-17(2,3)15-5-7-16(8-6-15)19-9-11-20(12-10-19)18(4)13-21-14-18;1-17(2,3)14-4-6-15(7-5-14)18-8-10-19(11-9-18)16-12-20-13-16;1-14(2)18-10-12-19(13-11-18)16-8-6-15(7-9-16)17(3,4)5;1-13(19)17-9-11-18(12-10-17)15-7-5-14(6-8-15)16(2,3)4;1-5-17-10-12-18(13-11-17)15-8-6-14(7-9-15)16(2,3)4;1-15(2,3)13-5-7-14(8-6-13)17-11-9-16(4)10-12-17/h5-8H,9-14H2,1-4H3;4-7,16H,8-13H2,1-3H3;6-9,14H,10-13H2,1-5H3;5-8H,9-12H2,1-4H3;6-9H,5,10-13H2,1-4H3;5-8H,9-12H2,1-4H3. The van der Waals surface area contributed by atoms with Crippen molar-refractivity contribution in [1.29, 1.82) is 0 Å². The van der Waals surface area contributed by atoms with Gasteiger partial charge < -0.3 is 53.6 Å². The number of carbonyl (C=O) groups is 1. The predicted molar refractivity (Wildman–Crippen MR) is 490 cm³/mol. The number of anilines is 6. The van der Waals surface area contributed by atoms with E-state index in [-0.39, 0.29) is 38.4 Å². The molecule has 6 aromatic rings. The second kappa shape index (κ2) is 40.2. The van der Waals surface area contributed by atoms with Crippen LogP contribution in [0.3, 0.4) is 0 Å². The Kier molecular flexibility index (Phi) is 32.1. The van der Waals surface area contributed by atoms with Crippen molar-refractivity contribution in [1.82, 2.24) is 29.4 Å². The van der Waals surface area contributed by atoms with Gasteiger partial charge in [-0.15, -0.1) is 0 Å². The monoisotopic (exact) mass is 1560 g/mol. The lowest BCUT2D eigenvalue weighted by molar-refractivity contribution is -0.131. The third-order valence-electron chi connectivity index (χ3n) is 25.0. The zero-order valence-electron chi connectivity index (χ0n) is 76.1. The number of benzene rings is 6. The number of amides is 1. The number of hydrogen-bond donors (Lipinski definition) is 0. The van der Waals surface area contributed by atoms with E-state index in [2.05, 4.69) is 359 Å². The third kappa shape index (κ3) is 26.7. The van der Waals surface area contributed by atoms with Crippen LogP contribution in [0.2, 0.25) is 0 Å². The van der Waals surface area contributed by atoms with E-state index in [4.69, 9.17) is 9.47 Å².